The lowest BCUT2D eigenvalue weighted by Gasteiger charge is -2.35. The number of halogens is 2. The van der Waals surface area contributed by atoms with Crippen molar-refractivity contribution in [1.29, 1.82) is 0 Å². The van der Waals surface area contributed by atoms with Crippen molar-refractivity contribution in [2.24, 2.45) is 0 Å². The predicted molar refractivity (Wildman–Crippen MR) is 161 cm³/mol. The Labute approximate surface area is 262 Å². The zero-order valence-corrected chi connectivity index (χ0v) is 24.9. The monoisotopic (exact) mass is 637 g/mol. The van der Waals surface area contributed by atoms with Crippen LogP contribution >= 0.6 is 0 Å². The molecule has 2 aromatic carbocycles. The van der Waals surface area contributed by atoms with Crippen molar-refractivity contribution in [3.05, 3.63) is 78.3 Å². The van der Waals surface area contributed by atoms with E-state index in [1.54, 1.807) is 24.3 Å². The van der Waals surface area contributed by atoms with Gasteiger partial charge in [0.25, 0.3) is 11.8 Å². The minimum atomic E-state index is -1.59. The molecule has 4 aromatic rings. The molecular weight excluding hydrogens is 604 g/mol. The fraction of sp³-hybridized carbons (Fsp3) is 0.387. The van der Waals surface area contributed by atoms with Gasteiger partial charge in [-0.05, 0) is 46.2 Å². The molecule has 0 radical (unpaired) electrons. The second-order valence-electron chi connectivity index (χ2n) is 11.3. The molecule has 0 unspecified atom stereocenters. The van der Waals surface area contributed by atoms with Gasteiger partial charge < -0.3 is 43.7 Å². The normalized spacial score (nSPS) is 19.7. The van der Waals surface area contributed by atoms with Gasteiger partial charge in [-0.2, -0.15) is 0 Å². The molecule has 3 aliphatic heterocycles. The number of amides is 1. The molecule has 3 saturated heterocycles. The zero-order chi connectivity index (χ0) is 31.5. The topological polar surface area (TPSA) is 131 Å². The first-order valence-electron chi connectivity index (χ1n) is 15.1. The number of ether oxygens (including phenoxy) is 3. The first kappa shape index (κ1) is 29.8. The number of piperazine rings is 2. The van der Waals surface area contributed by atoms with Gasteiger partial charge in [-0.15, -0.1) is 0 Å². The highest BCUT2D eigenvalue weighted by molar-refractivity contribution is 5.92. The van der Waals surface area contributed by atoms with Crippen molar-refractivity contribution in [3.8, 4) is 11.8 Å². The average Bonchev–Trinajstić information content (AvgIpc) is 3.85. The van der Waals surface area contributed by atoms with Crippen LogP contribution in [0.3, 0.4) is 0 Å². The van der Waals surface area contributed by atoms with Crippen molar-refractivity contribution in [2.45, 2.75) is 11.6 Å². The molecule has 46 heavy (non-hydrogen) atoms. The van der Waals surface area contributed by atoms with Crippen LogP contribution in [0.15, 0.2) is 70.1 Å². The molecule has 0 spiro atoms. The molecule has 7 rings (SSSR count). The molecule has 2 aromatic heterocycles. The number of nitrogens with zero attached hydrogens (tertiary/aromatic N) is 5. The van der Waals surface area contributed by atoms with Crippen LogP contribution < -0.4 is 34.8 Å². The SMILES string of the molecule is O=C1OC(COc2ccon2)(COc2ccon2)[C@@H](c2ccc(N3CCNCC3)c(F)c2)N1c1ccc(N2CCNCC2)c(F)c1. The number of hydrogen-bond donors (Lipinski definition) is 2. The first-order chi connectivity index (χ1) is 22.5. The molecule has 0 aliphatic carbocycles. The second kappa shape index (κ2) is 12.8. The van der Waals surface area contributed by atoms with Gasteiger partial charge in [-0.25, -0.2) is 13.6 Å². The van der Waals surface area contributed by atoms with Gasteiger partial charge in [0.15, 0.2) is 0 Å². The van der Waals surface area contributed by atoms with E-state index < -0.39 is 29.4 Å². The van der Waals surface area contributed by atoms with E-state index in [0.29, 0.717) is 43.1 Å². The Balaban J connectivity index is 1.30. The summed E-state index contributed by atoms with van der Waals surface area (Å²) in [4.78, 5) is 19.1. The van der Waals surface area contributed by atoms with Gasteiger partial charge in [0, 0.05) is 64.5 Å². The summed E-state index contributed by atoms with van der Waals surface area (Å²) in [5.41, 5.74) is -0.109. The number of aromatic nitrogens is 2. The standard InChI is InChI=1S/C31H33F2N7O6/c32-23-17-21(1-3-25(23)38-11-7-34-8-12-38)29-31(19-42-27-5-15-44-36-27,20-43-28-6-16-45-37-28)46-30(41)40(29)22-2-4-26(24(33)18-22)39-13-9-35-10-14-39/h1-6,15-18,29,34-35H,7-14,19-20H2/t29-/m1/s1. The van der Waals surface area contributed by atoms with Crippen molar-refractivity contribution >= 4 is 23.2 Å². The number of carbonyl (C=O) groups is 1. The highest BCUT2D eigenvalue weighted by atomic mass is 19.1. The van der Waals surface area contributed by atoms with Gasteiger partial charge in [-0.3, -0.25) is 4.90 Å². The second-order valence-corrected chi connectivity index (χ2v) is 11.3. The molecule has 1 atom stereocenters. The highest BCUT2D eigenvalue weighted by Gasteiger charge is 2.57. The Morgan fingerprint density at radius 3 is 1.83 bits per heavy atom. The summed E-state index contributed by atoms with van der Waals surface area (Å²) in [6.45, 7) is 4.97. The Bertz CT molecular complexity index is 1590. The lowest BCUT2D eigenvalue weighted by Crippen LogP contribution is -2.48. The number of nitrogens with one attached hydrogen (secondary N) is 2. The third-order valence-electron chi connectivity index (χ3n) is 8.41. The summed E-state index contributed by atoms with van der Waals surface area (Å²) in [5, 5.41) is 14.1. The average molecular weight is 638 g/mol. The van der Waals surface area contributed by atoms with Crippen LogP contribution in [0.2, 0.25) is 0 Å². The van der Waals surface area contributed by atoms with E-state index in [4.69, 9.17) is 23.3 Å². The Hall–Kier alpha value is -4.89. The lowest BCUT2D eigenvalue weighted by molar-refractivity contribution is -0.0391. The van der Waals surface area contributed by atoms with E-state index >= 15 is 8.78 Å². The number of carbonyl (C=O) groups excluding carboxylic acids is 1. The largest absolute Gasteiger partial charge is 0.471 e. The van der Waals surface area contributed by atoms with Crippen LogP contribution in [0.1, 0.15) is 11.6 Å². The molecule has 242 valence electrons. The van der Waals surface area contributed by atoms with Crippen molar-refractivity contribution in [1.82, 2.24) is 20.9 Å². The molecule has 0 saturated carbocycles. The molecule has 2 N–H and O–H groups in total. The van der Waals surface area contributed by atoms with Crippen molar-refractivity contribution in [2.75, 3.05) is 80.3 Å². The number of cyclic esters (lactones) is 1. The quantitative estimate of drug-likeness (QED) is 0.265. The van der Waals surface area contributed by atoms with Gasteiger partial charge in [0.2, 0.25) is 5.60 Å². The Morgan fingerprint density at radius 1 is 0.783 bits per heavy atom. The fourth-order valence-electron chi connectivity index (χ4n) is 6.19. The molecule has 3 aliphatic rings. The fourth-order valence-corrected chi connectivity index (χ4v) is 6.19. The van der Waals surface area contributed by atoms with Crippen LogP contribution in [-0.4, -0.2) is 87.6 Å². The van der Waals surface area contributed by atoms with Crippen LogP contribution in [0.5, 0.6) is 11.8 Å². The van der Waals surface area contributed by atoms with E-state index in [9.17, 15) is 4.79 Å². The minimum absolute atomic E-state index is 0.140. The van der Waals surface area contributed by atoms with E-state index in [1.165, 1.54) is 41.7 Å². The lowest BCUT2D eigenvalue weighted by atomic mass is 9.88. The van der Waals surface area contributed by atoms with Crippen LogP contribution in [-0.2, 0) is 4.74 Å². The number of rotatable bonds is 10. The minimum Gasteiger partial charge on any atom is -0.471 e. The molecular formula is C31H33F2N7O6. The maximum absolute atomic E-state index is 15.9. The summed E-state index contributed by atoms with van der Waals surface area (Å²) in [6.07, 6.45) is 1.88. The molecule has 3 fully saturated rings. The molecule has 0 bridgehead atoms. The third-order valence-corrected chi connectivity index (χ3v) is 8.41. The van der Waals surface area contributed by atoms with E-state index in [2.05, 4.69) is 20.9 Å². The Morgan fingerprint density at radius 2 is 1.33 bits per heavy atom. The van der Waals surface area contributed by atoms with Crippen LogP contribution in [0.4, 0.5) is 30.6 Å². The molecule has 15 heteroatoms. The van der Waals surface area contributed by atoms with Gasteiger partial charge in [-0.1, -0.05) is 6.07 Å². The smallest absolute Gasteiger partial charge is 0.415 e. The summed E-state index contributed by atoms with van der Waals surface area (Å²) in [6, 6.07) is 11.4. The zero-order valence-electron chi connectivity index (χ0n) is 24.9. The summed E-state index contributed by atoms with van der Waals surface area (Å²) in [5.74, 6) is -0.689. The van der Waals surface area contributed by atoms with Crippen LogP contribution in [0, 0.1) is 11.6 Å². The third kappa shape index (κ3) is 5.90. The Kier molecular flexibility index (Phi) is 8.32. The number of hydrogen-bond acceptors (Lipinski definition) is 12. The van der Waals surface area contributed by atoms with E-state index in [-0.39, 0.29) is 30.7 Å². The van der Waals surface area contributed by atoms with E-state index in [1.807, 2.05) is 9.80 Å². The van der Waals surface area contributed by atoms with Crippen molar-refractivity contribution in [3.63, 3.8) is 0 Å². The summed E-state index contributed by atoms with van der Waals surface area (Å²) < 4.78 is 59.4. The van der Waals surface area contributed by atoms with Gasteiger partial charge in [0.1, 0.15) is 43.4 Å². The summed E-state index contributed by atoms with van der Waals surface area (Å²) >= 11 is 0. The number of benzene rings is 2. The first-order valence-corrected chi connectivity index (χ1v) is 15.1. The molecule has 5 heterocycles. The maximum atomic E-state index is 15.9. The van der Waals surface area contributed by atoms with Gasteiger partial charge in [0.05, 0.1) is 17.1 Å². The maximum Gasteiger partial charge on any atom is 0.415 e. The molecule has 1 amide bonds. The summed E-state index contributed by atoms with van der Waals surface area (Å²) in [7, 11) is 0. The van der Waals surface area contributed by atoms with Crippen molar-refractivity contribution < 1.29 is 36.8 Å². The predicted octanol–water partition coefficient (Wildman–Crippen LogP) is 3.35. The highest BCUT2D eigenvalue weighted by Crippen LogP contribution is 2.46. The number of anilines is 3. The van der Waals surface area contributed by atoms with E-state index in [0.717, 1.165) is 26.2 Å². The van der Waals surface area contributed by atoms with Gasteiger partial charge >= 0.3 is 6.09 Å². The van der Waals surface area contributed by atoms with Crippen LogP contribution in [0.25, 0.3) is 0 Å². The molecule has 13 nitrogen and oxygen atoms in total.